The zero-order chi connectivity index (χ0) is 20.9. The monoisotopic (exact) mass is 402 g/mol. The van der Waals surface area contributed by atoms with Crippen LogP contribution in [-0.4, -0.2) is 49.8 Å². The lowest BCUT2D eigenvalue weighted by Crippen LogP contribution is -2.47. The molecule has 0 unspecified atom stereocenters. The molecule has 3 rings (SSSR count). The number of piperidine rings is 1. The first-order valence-corrected chi connectivity index (χ1v) is 11.2. The highest BCUT2D eigenvalue weighted by Crippen LogP contribution is 2.35. The summed E-state index contributed by atoms with van der Waals surface area (Å²) in [6.45, 7) is 10.8. The fourth-order valence-electron chi connectivity index (χ4n) is 5.13. The average molecular weight is 403 g/mol. The van der Waals surface area contributed by atoms with E-state index in [-0.39, 0.29) is 5.91 Å². The van der Waals surface area contributed by atoms with Crippen LogP contribution in [0.4, 0.5) is 5.69 Å². The molecule has 1 amide bonds. The van der Waals surface area contributed by atoms with Gasteiger partial charge < -0.3 is 14.8 Å². The molecule has 1 saturated heterocycles. The van der Waals surface area contributed by atoms with Crippen LogP contribution in [0.25, 0.3) is 0 Å². The summed E-state index contributed by atoms with van der Waals surface area (Å²) in [7, 11) is 1.65. The molecule has 5 heteroatoms. The number of hydrogen-bond acceptors (Lipinski definition) is 4. The maximum absolute atomic E-state index is 12.9. The number of rotatable bonds is 7. The molecular weight excluding hydrogens is 364 g/mol. The molecule has 2 fully saturated rings. The number of benzene rings is 1. The maximum atomic E-state index is 12.9. The van der Waals surface area contributed by atoms with E-state index in [0.717, 1.165) is 49.1 Å². The average Bonchev–Trinajstić information content (AvgIpc) is 2.68. The van der Waals surface area contributed by atoms with E-state index in [0.29, 0.717) is 12.5 Å². The van der Waals surface area contributed by atoms with Gasteiger partial charge in [0.2, 0.25) is 0 Å². The number of hydrogen-bond donors (Lipinski definition) is 1. The number of likely N-dealkylation sites (tertiary alicyclic amines) is 1. The molecule has 0 bridgehead atoms. The number of ether oxygens (including phenoxy) is 2. The number of carbonyl (C=O) groups excluding carboxylic acids is 1. The van der Waals surface area contributed by atoms with Crippen molar-refractivity contribution >= 4 is 11.6 Å². The Morgan fingerprint density at radius 2 is 1.83 bits per heavy atom. The van der Waals surface area contributed by atoms with Crippen molar-refractivity contribution in [1.82, 2.24) is 4.90 Å². The van der Waals surface area contributed by atoms with E-state index in [4.69, 9.17) is 9.47 Å². The molecule has 5 nitrogen and oxygen atoms in total. The van der Waals surface area contributed by atoms with E-state index in [1.807, 2.05) is 24.3 Å². The quantitative estimate of drug-likeness (QED) is 0.725. The van der Waals surface area contributed by atoms with E-state index < -0.39 is 5.60 Å². The summed E-state index contributed by atoms with van der Waals surface area (Å²) >= 11 is 0. The molecule has 1 saturated carbocycles. The second kappa shape index (κ2) is 9.94. The first-order valence-electron chi connectivity index (χ1n) is 11.2. The van der Waals surface area contributed by atoms with Gasteiger partial charge in [0.25, 0.3) is 5.91 Å². The molecular formula is C24H38N2O3. The van der Waals surface area contributed by atoms with Crippen LogP contribution in [0.1, 0.15) is 52.9 Å². The normalized spacial score (nSPS) is 30.7. The van der Waals surface area contributed by atoms with Crippen molar-refractivity contribution in [2.45, 2.75) is 58.5 Å². The van der Waals surface area contributed by atoms with E-state index in [2.05, 4.69) is 31.0 Å². The van der Waals surface area contributed by atoms with Gasteiger partial charge in [-0.15, -0.1) is 0 Å². The summed E-state index contributed by atoms with van der Waals surface area (Å²) < 4.78 is 11.6. The second-order valence-corrected chi connectivity index (χ2v) is 9.43. The van der Waals surface area contributed by atoms with Gasteiger partial charge in [-0.1, -0.05) is 27.2 Å². The number of amides is 1. The van der Waals surface area contributed by atoms with Crippen LogP contribution in [0.15, 0.2) is 24.3 Å². The summed E-state index contributed by atoms with van der Waals surface area (Å²) in [4.78, 5) is 15.4. The van der Waals surface area contributed by atoms with Gasteiger partial charge in [0.05, 0.1) is 0 Å². The molecule has 1 aromatic carbocycles. The van der Waals surface area contributed by atoms with E-state index in [1.54, 1.807) is 7.11 Å². The first-order chi connectivity index (χ1) is 13.9. The molecule has 4 atom stereocenters. The lowest BCUT2D eigenvalue weighted by Gasteiger charge is -2.37. The van der Waals surface area contributed by atoms with Crippen LogP contribution in [0.2, 0.25) is 0 Å². The topological polar surface area (TPSA) is 50.8 Å². The smallest absolute Gasteiger partial charge is 0.256 e. The van der Waals surface area contributed by atoms with Crippen LogP contribution in [0.3, 0.4) is 0 Å². The number of nitrogens with one attached hydrogen (secondary N) is 1. The Kier molecular flexibility index (Phi) is 7.58. The molecule has 1 N–H and O–H groups in total. The summed E-state index contributed by atoms with van der Waals surface area (Å²) in [5, 5.41) is 3.04. The molecule has 0 radical (unpaired) electrons. The number of carbonyl (C=O) groups is 1. The summed E-state index contributed by atoms with van der Waals surface area (Å²) in [6.07, 6.45) is 5.09. The molecule has 1 aliphatic heterocycles. The van der Waals surface area contributed by atoms with Gasteiger partial charge in [-0.25, -0.2) is 0 Å². The van der Waals surface area contributed by atoms with Crippen molar-refractivity contribution < 1.29 is 14.3 Å². The minimum atomic E-state index is -0.699. The SMILES string of the molecule is CO[C@]1(C(=O)Nc2ccc(OCCN3C[C@H](C)C[C@H](C)C3)cc2)CCC[C@@H](C)C1. The van der Waals surface area contributed by atoms with E-state index in [1.165, 1.54) is 25.9 Å². The van der Waals surface area contributed by atoms with Gasteiger partial charge in [-0.2, -0.15) is 0 Å². The maximum Gasteiger partial charge on any atom is 0.256 e. The van der Waals surface area contributed by atoms with Crippen molar-refractivity contribution in [3.63, 3.8) is 0 Å². The van der Waals surface area contributed by atoms with Gasteiger partial charge in [0.15, 0.2) is 0 Å². The lowest BCUT2D eigenvalue weighted by atomic mass is 9.78. The Bertz CT molecular complexity index is 653. The summed E-state index contributed by atoms with van der Waals surface area (Å²) in [5.41, 5.74) is 0.0888. The fourth-order valence-corrected chi connectivity index (χ4v) is 5.13. The van der Waals surface area contributed by atoms with Crippen LogP contribution >= 0.6 is 0 Å². The first kappa shape index (κ1) is 22.1. The molecule has 162 valence electrons. The largest absolute Gasteiger partial charge is 0.492 e. The third kappa shape index (κ3) is 5.95. The van der Waals surface area contributed by atoms with Crippen molar-refractivity contribution in [2.75, 3.05) is 38.7 Å². The van der Waals surface area contributed by atoms with Crippen LogP contribution in [0.5, 0.6) is 5.75 Å². The summed E-state index contributed by atoms with van der Waals surface area (Å²) in [5.74, 6) is 2.85. The van der Waals surface area contributed by atoms with Gasteiger partial charge in [0, 0.05) is 32.4 Å². The Balaban J connectivity index is 1.48. The van der Waals surface area contributed by atoms with Crippen LogP contribution in [-0.2, 0) is 9.53 Å². The number of methoxy groups -OCH3 is 1. The van der Waals surface area contributed by atoms with Gasteiger partial charge in [-0.3, -0.25) is 9.69 Å². The minimum Gasteiger partial charge on any atom is -0.492 e. The molecule has 1 heterocycles. The molecule has 0 spiro atoms. The van der Waals surface area contributed by atoms with Crippen molar-refractivity contribution in [3.05, 3.63) is 24.3 Å². The third-order valence-corrected chi connectivity index (χ3v) is 6.49. The minimum absolute atomic E-state index is 0.0337. The molecule has 1 aromatic rings. The zero-order valence-electron chi connectivity index (χ0n) is 18.6. The Morgan fingerprint density at radius 3 is 2.45 bits per heavy atom. The van der Waals surface area contributed by atoms with Crippen molar-refractivity contribution in [1.29, 1.82) is 0 Å². The second-order valence-electron chi connectivity index (χ2n) is 9.43. The van der Waals surface area contributed by atoms with E-state index in [9.17, 15) is 4.79 Å². The van der Waals surface area contributed by atoms with Gasteiger partial charge in [-0.05, 0) is 67.7 Å². The standard InChI is InChI=1S/C24H38N2O3/c1-18-6-5-11-24(15-18,28-4)23(27)25-21-7-9-22(10-8-21)29-13-12-26-16-19(2)14-20(3)17-26/h7-10,18-20H,5-6,11-17H2,1-4H3,(H,25,27)/t18-,19-,20+,24-/m1/s1. The Labute approximate surface area is 176 Å². The number of nitrogens with zero attached hydrogens (tertiary/aromatic N) is 1. The third-order valence-electron chi connectivity index (χ3n) is 6.49. The van der Waals surface area contributed by atoms with Gasteiger partial charge in [0.1, 0.15) is 18.0 Å². The van der Waals surface area contributed by atoms with Crippen molar-refractivity contribution in [3.8, 4) is 5.75 Å². The lowest BCUT2D eigenvalue weighted by molar-refractivity contribution is -0.143. The van der Waals surface area contributed by atoms with Gasteiger partial charge >= 0.3 is 0 Å². The predicted octanol–water partition coefficient (Wildman–Crippen LogP) is 4.58. The highest BCUT2D eigenvalue weighted by Gasteiger charge is 2.42. The van der Waals surface area contributed by atoms with Crippen LogP contribution < -0.4 is 10.1 Å². The van der Waals surface area contributed by atoms with Crippen LogP contribution in [0, 0.1) is 17.8 Å². The Hall–Kier alpha value is -1.59. The van der Waals surface area contributed by atoms with Crippen molar-refractivity contribution in [2.24, 2.45) is 17.8 Å². The molecule has 0 aromatic heterocycles. The highest BCUT2D eigenvalue weighted by atomic mass is 16.5. The Morgan fingerprint density at radius 1 is 1.14 bits per heavy atom. The highest BCUT2D eigenvalue weighted by molar-refractivity contribution is 5.97. The molecule has 1 aliphatic carbocycles. The molecule has 2 aliphatic rings. The molecule has 29 heavy (non-hydrogen) atoms. The number of anilines is 1. The zero-order valence-corrected chi connectivity index (χ0v) is 18.6. The van der Waals surface area contributed by atoms with E-state index >= 15 is 0 Å². The predicted molar refractivity (Wildman–Crippen MR) is 117 cm³/mol. The fraction of sp³-hybridized carbons (Fsp3) is 0.708. The summed E-state index contributed by atoms with van der Waals surface area (Å²) in [6, 6.07) is 7.68.